The fourth-order valence-electron chi connectivity index (χ4n) is 2.08. The molecule has 0 aliphatic carbocycles. The maximum absolute atomic E-state index is 11.8. The minimum absolute atomic E-state index is 0.450. The molecule has 0 aliphatic rings. The number of carbonyl (C=O) groups is 7. The molecule has 0 heterocycles. The molecule has 0 aliphatic heterocycles. The molecule has 15 heteroatoms. The number of hydrogen-bond donors (Lipinski definition) is 8. The minimum atomic E-state index is -1.65. The topological polar surface area (TPSA) is 263 Å². The average molecular weight is 434 g/mol. The molecule has 0 bridgehead atoms. The quantitative estimate of drug-likeness (QED) is 0.139. The van der Waals surface area contributed by atoms with Crippen LogP contribution in [0.15, 0.2) is 0 Å². The Kier molecular flexibility index (Phi) is 10.9. The molecule has 0 saturated carbocycles. The van der Waals surface area contributed by atoms with Gasteiger partial charge in [0.15, 0.2) is 0 Å². The van der Waals surface area contributed by atoms with Crippen LogP contribution in [-0.2, 0) is 28.8 Å². The smallest absolute Gasteiger partial charge is 0.326 e. The third-order valence-corrected chi connectivity index (χ3v) is 3.55. The Morgan fingerprint density at radius 2 is 1.10 bits per heavy atom. The van der Waals surface area contributed by atoms with Gasteiger partial charge in [-0.05, 0) is 12.8 Å². The number of primary amides is 1. The average Bonchev–Trinajstić information content (AvgIpc) is 2.60. The zero-order chi connectivity index (χ0) is 23.4. The number of carboxylic acids is 4. The first kappa shape index (κ1) is 26.1. The molecule has 0 saturated heterocycles. The van der Waals surface area contributed by atoms with E-state index in [1.165, 1.54) is 0 Å². The van der Waals surface area contributed by atoms with Crippen molar-refractivity contribution in [1.29, 1.82) is 0 Å². The van der Waals surface area contributed by atoms with Gasteiger partial charge in [-0.3, -0.25) is 14.4 Å². The Bertz CT molecular complexity index is 709. The summed E-state index contributed by atoms with van der Waals surface area (Å²) in [6, 6.07) is -6.08. The number of nitrogens with two attached hydrogens (primary N) is 1. The van der Waals surface area contributed by atoms with E-state index >= 15 is 0 Å². The number of carboxylic acid groups (broad SMARTS) is 4. The first-order chi connectivity index (χ1) is 13.8. The molecule has 0 unspecified atom stereocenters. The molecule has 168 valence electrons. The molecule has 0 spiro atoms. The van der Waals surface area contributed by atoms with E-state index in [2.05, 4.69) is 0 Å². The van der Waals surface area contributed by atoms with Crippen molar-refractivity contribution in [2.45, 2.75) is 50.2 Å². The van der Waals surface area contributed by atoms with Crippen molar-refractivity contribution in [3.05, 3.63) is 0 Å². The predicted molar refractivity (Wildman–Crippen MR) is 94.0 cm³/mol. The highest BCUT2D eigenvalue weighted by molar-refractivity contribution is 5.89. The Balaban J connectivity index is 4.80. The van der Waals surface area contributed by atoms with E-state index in [0.29, 0.717) is 0 Å². The summed E-state index contributed by atoms with van der Waals surface area (Å²) in [5, 5.41) is 41.3. The van der Waals surface area contributed by atoms with Crippen molar-refractivity contribution in [1.82, 2.24) is 16.0 Å². The van der Waals surface area contributed by atoms with Crippen LogP contribution in [0.4, 0.5) is 4.79 Å². The van der Waals surface area contributed by atoms with Crippen LogP contribution in [0.25, 0.3) is 0 Å². The summed E-state index contributed by atoms with van der Waals surface area (Å²) < 4.78 is 0. The first-order valence-electron chi connectivity index (χ1n) is 8.38. The second kappa shape index (κ2) is 12.5. The molecule has 3 atom stereocenters. The third kappa shape index (κ3) is 11.1. The van der Waals surface area contributed by atoms with Gasteiger partial charge in [-0.2, -0.15) is 0 Å². The number of urea groups is 1. The monoisotopic (exact) mass is 434 g/mol. The molecule has 15 nitrogen and oxygen atoms in total. The van der Waals surface area contributed by atoms with Crippen molar-refractivity contribution in [2.24, 2.45) is 5.73 Å². The van der Waals surface area contributed by atoms with Crippen LogP contribution in [0, 0.1) is 0 Å². The van der Waals surface area contributed by atoms with Crippen LogP contribution in [0.2, 0.25) is 0 Å². The standard InChI is InChI=1S/C15H22N4O11/c16-9(20)5-8(14(28)29)17-10(21)3-1-6(12(24)25)18-15(30)19-7(13(26)27)2-4-11(22)23/h6-8H,1-5H2,(H2,16,20)(H,17,21)(H,22,23)(H,24,25)(H,26,27)(H,28,29)(H2,18,19,30)/t6-,7-,8-/m0/s1. The highest BCUT2D eigenvalue weighted by Crippen LogP contribution is 2.02. The summed E-state index contributed by atoms with van der Waals surface area (Å²) in [6.07, 6.45) is -2.74. The predicted octanol–water partition coefficient (Wildman–Crippen LogP) is -2.72. The highest BCUT2D eigenvalue weighted by Gasteiger charge is 2.27. The van der Waals surface area contributed by atoms with Gasteiger partial charge in [-0.25, -0.2) is 19.2 Å². The summed E-state index contributed by atoms with van der Waals surface area (Å²) in [6.45, 7) is 0. The Morgan fingerprint density at radius 1 is 0.667 bits per heavy atom. The van der Waals surface area contributed by atoms with Crippen LogP contribution in [0.3, 0.4) is 0 Å². The van der Waals surface area contributed by atoms with Gasteiger partial charge < -0.3 is 42.1 Å². The van der Waals surface area contributed by atoms with Crippen LogP contribution in [0.1, 0.15) is 32.1 Å². The second-order valence-electron chi connectivity index (χ2n) is 6.00. The summed E-state index contributed by atoms with van der Waals surface area (Å²) in [5.41, 5.74) is 4.86. The van der Waals surface area contributed by atoms with Crippen molar-refractivity contribution < 1.29 is 54.0 Å². The Labute approximate surface area is 168 Å². The molecule has 0 radical (unpaired) electrons. The fourth-order valence-corrected chi connectivity index (χ4v) is 2.08. The van der Waals surface area contributed by atoms with Crippen LogP contribution in [-0.4, -0.2) is 80.3 Å². The molecular weight excluding hydrogens is 412 g/mol. The van der Waals surface area contributed by atoms with Crippen molar-refractivity contribution in [3.8, 4) is 0 Å². The van der Waals surface area contributed by atoms with Gasteiger partial charge in [0.1, 0.15) is 18.1 Å². The van der Waals surface area contributed by atoms with Gasteiger partial charge in [-0.15, -0.1) is 0 Å². The van der Waals surface area contributed by atoms with Gasteiger partial charge in [-0.1, -0.05) is 0 Å². The van der Waals surface area contributed by atoms with E-state index < -0.39 is 92.0 Å². The van der Waals surface area contributed by atoms with Crippen LogP contribution < -0.4 is 21.7 Å². The van der Waals surface area contributed by atoms with Gasteiger partial charge in [0.2, 0.25) is 11.8 Å². The molecule has 0 fully saturated rings. The van der Waals surface area contributed by atoms with E-state index in [4.69, 9.17) is 26.2 Å². The first-order valence-corrected chi connectivity index (χ1v) is 8.38. The summed E-state index contributed by atoms with van der Waals surface area (Å²) in [5.74, 6) is -7.85. The SMILES string of the molecule is NC(=O)C[C@H](NC(=O)CC[C@H](NC(=O)N[C@@H](CCC(=O)O)C(=O)O)C(=O)O)C(=O)O. The summed E-state index contributed by atoms with van der Waals surface area (Å²) in [7, 11) is 0. The van der Waals surface area contributed by atoms with E-state index in [1.54, 1.807) is 0 Å². The number of aliphatic carboxylic acids is 4. The van der Waals surface area contributed by atoms with Gasteiger partial charge >= 0.3 is 29.9 Å². The molecule has 0 aromatic carbocycles. The van der Waals surface area contributed by atoms with Gasteiger partial charge in [0, 0.05) is 12.8 Å². The minimum Gasteiger partial charge on any atom is -0.481 e. The molecule has 0 rings (SSSR count). The molecule has 30 heavy (non-hydrogen) atoms. The third-order valence-electron chi connectivity index (χ3n) is 3.55. The van der Waals surface area contributed by atoms with E-state index in [1.807, 2.05) is 16.0 Å². The molecule has 4 amide bonds. The molecule has 0 aromatic heterocycles. The van der Waals surface area contributed by atoms with Crippen molar-refractivity contribution in [3.63, 3.8) is 0 Å². The number of carbonyl (C=O) groups excluding carboxylic acids is 3. The van der Waals surface area contributed by atoms with Crippen molar-refractivity contribution in [2.75, 3.05) is 0 Å². The van der Waals surface area contributed by atoms with Crippen LogP contribution in [0.5, 0.6) is 0 Å². The normalized spacial score (nSPS) is 13.2. The summed E-state index contributed by atoms with van der Waals surface area (Å²) in [4.78, 5) is 78.1. The lowest BCUT2D eigenvalue weighted by Crippen LogP contribution is -2.51. The number of rotatable bonds is 14. The highest BCUT2D eigenvalue weighted by atomic mass is 16.4. The second-order valence-corrected chi connectivity index (χ2v) is 6.00. The Hall–Kier alpha value is -3.91. The number of nitrogens with one attached hydrogen (secondary N) is 3. The number of amides is 4. The molecular formula is C15H22N4O11. The lowest BCUT2D eigenvalue weighted by atomic mass is 10.1. The van der Waals surface area contributed by atoms with E-state index in [9.17, 15) is 33.6 Å². The van der Waals surface area contributed by atoms with Crippen LogP contribution >= 0.6 is 0 Å². The van der Waals surface area contributed by atoms with Crippen molar-refractivity contribution >= 4 is 41.7 Å². The lowest BCUT2D eigenvalue weighted by Gasteiger charge is -2.18. The Morgan fingerprint density at radius 3 is 1.47 bits per heavy atom. The fraction of sp³-hybridized carbons (Fsp3) is 0.533. The summed E-state index contributed by atoms with van der Waals surface area (Å²) >= 11 is 0. The van der Waals surface area contributed by atoms with Gasteiger partial charge in [0.25, 0.3) is 0 Å². The lowest BCUT2D eigenvalue weighted by molar-refractivity contribution is -0.143. The maximum atomic E-state index is 11.8. The number of hydrogen-bond acceptors (Lipinski definition) is 7. The largest absolute Gasteiger partial charge is 0.481 e. The maximum Gasteiger partial charge on any atom is 0.326 e. The molecule has 9 N–H and O–H groups in total. The van der Waals surface area contributed by atoms with E-state index in [-0.39, 0.29) is 0 Å². The zero-order valence-electron chi connectivity index (χ0n) is 15.5. The van der Waals surface area contributed by atoms with E-state index in [0.717, 1.165) is 0 Å². The van der Waals surface area contributed by atoms with Gasteiger partial charge in [0.05, 0.1) is 6.42 Å². The molecule has 0 aromatic rings. The zero-order valence-corrected chi connectivity index (χ0v) is 15.5.